The summed E-state index contributed by atoms with van der Waals surface area (Å²) in [6.45, 7) is 3.97. The third-order valence-electron chi connectivity index (χ3n) is 2.26. The molecule has 0 atom stereocenters. The van der Waals surface area contributed by atoms with Crippen LogP contribution in [0.25, 0.3) is 0 Å². The monoisotopic (exact) mass is 264 g/mol. The summed E-state index contributed by atoms with van der Waals surface area (Å²) in [7, 11) is 0. The molecule has 0 aliphatic carbocycles. The molecule has 0 aromatic carbocycles. The van der Waals surface area contributed by atoms with Crippen LogP contribution >= 0.6 is 0 Å². The van der Waals surface area contributed by atoms with Crippen molar-refractivity contribution in [2.75, 3.05) is 0 Å². The summed E-state index contributed by atoms with van der Waals surface area (Å²) in [6, 6.07) is 0. The molecule has 0 aliphatic rings. The van der Waals surface area contributed by atoms with Gasteiger partial charge in [0.1, 0.15) is 0 Å². The van der Waals surface area contributed by atoms with Crippen molar-refractivity contribution < 1.29 is 26.3 Å². The zero-order chi connectivity index (χ0) is 13.9. The molecule has 17 heavy (non-hydrogen) atoms. The van der Waals surface area contributed by atoms with E-state index in [4.69, 9.17) is 0 Å². The third kappa shape index (κ3) is 7.49. The lowest BCUT2D eigenvalue weighted by Gasteiger charge is -2.27. The molecule has 0 saturated heterocycles. The van der Waals surface area contributed by atoms with Gasteiger partial charge in [-0.1, -0.05) is 20.8 Å². The Morgan fingerprint density at radius 2 is 1.18 bits per heavy atom. The molecular formula is C11H18F6. The van der Waals surface area contributed by atoms with Crippen LogP contribution in [0.2, 0.25) is 0 Å². The molecule has 0 unspecified atom stereocenters. The molecule has 0 radical (unpaired) electrons. The molecule has 0 fully saturated rings. The molecule has 0 aliphatic heterocycles. The highest BCUT2D eigenvalue weighted by Gasteiger charge is 2.48. The van der Waals surface area contributed by atoms with E-state index >= 15 is 0 Å². The fraction of sp³-hybridized carbons (Fsp3) is 1.00. The molecule has 0 rings (SSSR count). The van der Waals surface area contributed by atoms with Gasteiger partial charge in [0.15, 0.2) is 0 Å². The second-order valence-corrected chi connectivity index (χ2v) is 4.87. The first kappa shape index (κ1) is 16.6. The summed E-state index contributed by atoms with van der Waals surface area (Å²) < 4.78 is 78.0. The molecular weight excluding hydrogens is 246 g/mol. The Balaban J connectivity index is 4.53. The molecule has 104 valence electrons. The smallest absolute Gasteiger partial charge is 0.207 e. The molecule has 0 spiro atoms. The highest BCUT2D eigenvalue weighted by Crippen LogP contribution is 2.41. The van der Waals surface area contributed by atoms with Crippen LogP contribution in [0.4, 0.5) is 26.3 Å². The average molecular weight is 264 g/mol. The first-order valence-electron chi connectivity index (χ1n) is 5.53. The molecule has 0 aromatic rings. The van der Waals surface area contributed by atoms with E-state index in [2.05, 4.69) is 0 Å². The minimum atomic E-state index is -4.04. The van der Waals surface area contributed by atoms with Crippen LogP contribution in [0, 0.1) is 5.92 Å². The van der Waals surface area contributed by atoms with Gasteiger partial charge in [0, 0.05) is 12.8 Å². The maximum absolute atomic E-state index is 13.1. The normalized spacial score (nSPS) is 14.5. The van der Waals surface area contributed by atoms with Gasteiger partial charge in [0.05, 0.1) is 12.8 Å². The van der Waals surface area contributed by atoms with Crippen LogP contribution in [0.3, 0.4) is 0 Å². The lowest BCUT2D eigenvalue weighted by Crippen LogP contribution is -2.35. The minimum absolute atomic E-state index is 0.465. The van der Waals surface area contributed by atoms with E-state index in [9.17, 15) is 26.3 Å². The van der Waals surface area contributed by atoms with Crippen LogP contribution in [0.5, 0.6) is 0 Å². The van der Waals surface area contributed by atoms with Crippen molar-refractivity contribution in [3.63, 3.8) is 0 Å². The summed E-state index contributed by atoms with van der Waals surface area (Å²) >= 11 is 0. The van der Waals surface area contributed by atoms with Crippen molar-refractivity contribution in [1.82, 2.24) is 0 Å². The summed E-state index contributed by atoms with van der Waals surface area (Å²) in [5.74, 6) is -11.7. The Morgan fingerprint density at radius 3 is 1.53 bits per heavy atom. The van der Waals surface area contributed by atoms with Gasteiger partial charge in [-0.15, -0.1) is 0 Å². The van der Waals surface area contributed by atoms with Crippen LogP contribution in [-0.2, 0) is 0 Å². The summed E-state index contributed by atoms with van der Waals surface area (Å²) in [6.07, 6.45) is -5.13. The number of alkyl halides is 6. The Hall–Kier alpha value is -0.420. The van der Waals surface area contributed by atoms with Gasteiger partial charge in [-0.3, -0.25) is 0 Å². The second-order valence-electron chi connectivity index (χ2n) is 4.87. The van der Waals surface area contributed by atoms with E-state index in [1.54, 1.807) is 0 Å². The Kier molecular flexibility index (Phi) is 5.35. The van der Waals surface area contributed by atoms with E-state index in [0.717, 1.165) is 6.92 Å². The summed E-state index contributed by atoms with van der Waals surface area (Å²) in [5, 5.41) is 0. The maximum atomic E-state index is 13.1. The molecule has 0 N–H and O–H groups in total. The minimum Gasteiger partial charge on any atom is -0.207 e. The van der Waals surface area contributed by atoms with Gasteiger partial charge in [-0.05, 0) is 5.92 Å². The Labute approximate surface area is 97.4 Å². The average Bonchev–Trinajstić information content (AvgIpc) is 1.96. The second kappa shape index (κ2) is 5.48. The Bertz CT molecular complexity index is 234. The number of rotatable bonds is 7. The first-order chi connectivity index (χ1) is 7.39. The maximum Gasteiger partial charge on any atom is 0.259 e. The quantitative estimate of drug-likeness (QED) is 0.559. The van der Waals surface area contributed by atoms with Gasteiger partial charge in [0.25, 0.3) is 17.8 Å². The number of hydrogen-bond donors (Lipinski definition) is 0. The van der Waals surface area contributed by atoms with Crippen molar-refractivity contribution in [2.24, 2.45) is 5.92 Å². The highest BCUT2D eigenvalue weighted by molar-refractivity contribution is 4.83. The molecule has 0 heterocycles. The van der Waals surface area contributed by atoms with Crippen LogP contribution in [-0.4, -0.2) is 17.8 Å². The molecule has 0 nitrogen and oxygen atoms in total. The predicted molar refractivity (Wildman–Crippen MR) is 53.8 cm³/mol. The van der Waals surface area contributed by atoms with E-state index < -0.39 is 49.4 Å². The van der Waals surface area contributed by atoms with Gasteiger partial charge in [-0.25, -0.2) is 26.3 Å². The van der Waals surface area contributed by atoms with Crippen molar-refractivity contribution >= 4 is 0 Å². The molecule has 6 heteroatoms. The zero-order valence-corrected chi connectivity index (χ0v) is 10.2. The standard InChI is InChI=1S/C11H18F6/c1-4-9(12,13)6-11(16,17)7-10(14,15)5-8(2)3/h8H,4-7H2,1-3H3. The summed E-state index contributed by atoms with van der Waals surface area (Å²) in [4.78, 5) is 0. The molecule has 0 bridgehead atoms. The Morgan fingerprint density at radius 1 is 0.765 bits per heavy atom. The van der Waals surface area contributed by atoms with Crippen LogP contribution in [0.15, 0.2) is 0 Å². The summed E-state index contributed by atoms with van der Waals surface area (Å²) in [5.41, 5.74) is 0. The van der Waals surface area contributed by atoms with Crippen molar-refractivity contribution in [3.8, 4) is 0 Å². The van der Waals surface area contributed by atoms with Crippen LogP contribution < -0.4 is 0 Å². The third-order valence-corrected chi connectivity index (χ3v) is 2.26. The van der Waals surface area contributed by atoms with Crippen LogP contribution in [0.1, 0.15) is 46.5 Å². The highest BCUT2D eigenvalue weighted by atomic mass is 19.3. The molecule has 0 aromatic heterocycles. The van der Waals surface area contributed by atoms with Crippen molar-refractivity contribution in [2.45, 2.75) is 64.2 Å². The lowest BCUT2D eigenvalue weighted by molar-refractivity contribution is -0.161. The number of hydrogen-bond acceptors (Lipinski definition) is 0. The molecule has 0 amide bonds. The fourth-order valence-electron chi connectivity index (χ4n) is 1.61. The first-order valence-corrected chi connectivity index (χ1v) is 5.53. The zero-order valence-electron chi connectivity index (χ0n) is 10.2. The van der Waals surface area contributed by atoms with Crippen molar-refractivity contribution in [3.05, 3.63) is 0 Å². The largest absolute Gasteiger partial charge is 0.259 e. The van der Waals surface area contributed by atoms with E-state index in [-0.39, 0.29) is 0 Å². The van der Waals surface area contributed by atoms with E-state index in [1.165, 1.54) is 13.8 Å². The fourth-order valence-corrected chi connectivity index (χ4v) is 1.61. The number of halogens is 6. The van der Waals surface area contributed by atoms with Crippen molar-refractivity contribution in [1.29, 1.82) is 0 Å². The lowest BCUT2D eigenvalue weighted by atomic mass is 9.96. The van der Waals surface area contributed by atoms with E-state index in [0.29, 0.717) is 0 Å². The van der Waals surface area contributed by atoms with Gasteiger partial charge in [-0.2, -0.15) is 0 Å². The SMILES string of the molecule is CCC(F)(F)CC(F)(F)CC(F)(F)CC(C)C. The predicted octanol–water partition coefficient (Wildman–Crippen LogP) is 5.13. The van der Waals surface area contributed by atoms with Gasteiger partial charge >= 0.3 is 0 Å². The topological polar surface area (TPSA) is 0 Å². The van der Waals surface area contributed by atoms with Gasteiger partial charge in [0.2, 0.25) is 0 Å². The molecule has 0 saturated carbocycles. The van der Waals surface area contributed by atoms with E-state index in [1.807, 2.05) is 0 Å². The van der Waals surface area contributed by atoms with Gasteiger partial charge < -0.3 is 0 Å².